The molecule has 108 valence electrons. The third-order valence-corrected chi connectivity index (χ3v) is 3.54. The standard InChI is InChI=1S/C14H14F3NO2/c1-13(2,12(19)20)10-8-6-4-5-7-9(8)18(3)11(10)14(15,16)17/h4-7H,1-3H3,(H,19,20). The number of benzene rings is 1. The number of alkyl halides is 3. The van der Waals surface area contributed by atoms with Crippen LogP contribution in [-0.2, 0) is 23.4 Å². The van der Waals surface area contributed by atoms with Crippen molar-refractivity contribution >= 4 is 16.9 Å². The van der Waals surface area contributed by atoms with E-state index in [0.717, 1.165) is 4.57 Å². The van der Waals surface area contributed by atoms with Crippen LogP contribution in [0.25, 0.3) is 10.9 Å². The molecular weight excluding hydrogens is 271 g/mol. The summed E-state index contributed by atoms with van der Waals surface area (Å²) < 4.78 is 41.0. The lowest BCUT2D eigenvalue weighted by Gasteiger charge is -2.22. The van der Waals surface area contributed by atoms with E-state index in [1.807, 2.05) is 0 Å². The normalized spacial score (nSPS) is 12.9. The summed E-state index contributed by atoms with van der Waals surface area (Å²) in [6.45, 7) is 2.57. The molecule has 20 heavy (non-hydrogen) atoms. The number of aromatic nitrogens is 1. The second-order valence-electron chi connectivity index (χ2n) is 5.23. The van der Waals surface area contributed by atoms with Crippen molar-refractivity contribution in [2.75, 3.05) is 0 Å². The van der Waals surface area contributed by atoms with Crippen molar-refractivity contribution in [1.29, 1.82) is 0 Å². The van der Waals surface area contributed by atoms with Gasteiger partial charge in [-0.1, -0.05) is 18.2 Å². The van der Waals surface area contributed by atoms with Crippen LogP contribution < -0.4 is 0 Å². The van der Waals surface area contributed by atoms with Gasteiger partial charge in [-0.2, -0.15) is 13.2 Å². The van der Waals surface area contributed by atoms with Crippen LogP contribution in [-0.4, -0.2) is 15.6 Å². The number of rotatable bonds is 2. The summed E-state index contributed by atoms with van der Waals surface area (Å²) in [6.07, 6.45) is -4.62. The van der Waals surface area contributed by atoms with Gasteiger partial charge < -0.3 is 9.67 Å². The predicted octanol–water partition coefficient (Wildman–Crippen LogP) is 3.56. The number of carboxylic acids is 1. The van der Waals surface area contributed by atoms with Crippen molar-refractivity contribution in [3.05, 3.63) is 35.5 Å². The molecule has 1 heterocycles. The van der Waals surface area contributed by atoms with E-state index in [1.165, 1.54) is 27.0 Å². The molecule has 1 aromatic heterocycles. The van der Waals surface area contributed by atoms with E-state index in [1.54, 1.807) is 18.2 Å². The van der Waals surface area contributed by atoms with Crippen LogP contribution in [0, 0.1) is 0 Å². The van der Waals surface area contributed by atoms with Gasteiger partial charge in [-0.15, -0.1) is 0 Å². The van der Waals surface area contributed by atoms with E-state index in [2.05, 4.69) is 0 Å². The van der Waals surface area contributed by atoms with Crippen LogP contribution in [0.3, 0.4) is 0 Å². The van der Waals surface area contributed by atoms with E-state index in [0.29, 0.717) is 10.9 Å². The largest absolute Gasteiger partial charge is 0.481 e. The molecule has 0 aliphatic carbocycles. The number of fused-ring (bicyclic) bond motifs is 1. The smallest absolute Gasteiger partial charge is 0.431 e. The quantitative estimate of drug-likeness (QED) is 0.916. The van der Waals surface area contributed by atoms with Crippen LogP contribution in [0.1, 0.15) is 25.1 Å². The van der Waals surface area contributed by atoms with Gasteiger partial charge in [-0.05, 0) is 19.9 Å². The van der Waals surface area contributed by atoms with Gasteiger partial charge in [0.1, 0.15) is 5.69 Å². The van der Waals surface area contributed by atoms with E-state index in [-0.39, 0.29) is 5.56 Å². The summed E-state index contributed by atoms with van der Waals surface area (Å²) >= 11 is 0. The maximum absolute atomic E-state index is 13.3. The Bertz CT molecular complexity index is 684. The van der Waals surface area contributed by atoms with E-state index >= 15 is 0 Å². The number of nitrogens with zero attached hydrogens (tertiary/aromatic N) is 1. The highest BCUT2D eigenvalue weighted by atomic mass is 19.4. The van der Waals surface area contributed by atoms with Gasteiger partial charge in [0.05, 0.1) is 5.41 Å². The Morgan fingerprint density at radius 2 is 1.75 bits per heavy atom. The lowest BCUT2D eigenvalue weighted by molar-refractivity contribution is -0.147. The highest BCUT2D eigenvalue weighted by Gasteiger charge is 2.45. The number of halogens is 3. The number of hydrogen-bond donors (Lipinski definition) is 1. The Balaban J connectivity index is 2.98. The molecule has 0 radical (unpaired) electrons. The van der Waals surface area contributed by atoms with Crippen molar-refractivity contribution in [2.45, 2.75) is 25.4 Å². The predicted molar refractivity (Wildman–Crippen MR) is 68.6 cm³/mol. The molecular formula is C14H14F3NO2. The number of carbonyl (C=O) groups is 1. The molecule has 2 rings (SSSR count). The summed E-state index contributed by atoms with van der Waals surface area (Å²) in [5, 5.41) is 9.59. The molecule has 0 fully saturated rings. The molecule has 0 aliphatic heterocycles. The molecule has 0 amide bonds. The van der Waals surface area contributed by atoms with Crippen LogP contribution in [0.15, 0.2) is 24.3 Å². The van der Waals surface area contributed by atoms with Gasteiger partial charge in [0.2, 0.25) is 0 Å². The van der Waals surface area contributed by atoms with Crippen molar-refractivity contribution in [3.8, 4) is 0 Å². The molecule has 0 saturated carbocycles. The van der Waals surface area contributed by atoms with Crippen molar-refractivity contribution in [1.82, 2.24) is 4.57 Å². The number of aliphatic carboxylic acids is 1. The first-order valence-electron chi connectivity index (χ1n) is 5.97. The number of hydrogen-bond acceptors (Lipinski definition) is 1. The Hall–Kier alpha value is -1.98. The molecule has 0 unspecified atom stereocenters. The Morgan fingerprint density at radius 3 is 2.25 bits per heavy atom. The van der Waals surface area contributed by atoms with Crippen LogP contribution in [0.2, 0.25) is 0 Å². The first kappa shape index (κ1) is 14.4. The maximum Gasteiger partial charge on any atom is 0.431 e. The Kier molecular flexibility index (Phi) is 3.07. The fourth-order valence-corrected chi connectivity index (χ4v) is 2.46. The molecule has 3 nitrogen and oxygen atoms in total. The average molecular weight is 285 g/mol. The summed E-state index contributed by atoms with van der Waals surface area (Å²) in [6, 6.07) is 6.29. The fraction of sp³-hybridized carbons (Fsp3) is 0.357. The highest BCUT2D eigenvalue weighted by molar-refractivity contribution is 5.93. The molecule has 0 bridgehead atoms. The first-order chi connectivity index (χ1) is 9.08. The zero-order valence-corrected chi connectivity index (χ0v) is 11.2. The van der Waals surface area contributed by atoms with Gasteiger partial charge in [0, 0.05) is 23.5 Å². The van der Waals surface area contributed by atoms with Crippen molar-refractivity contribution in [2.24, 2.45) is 7.05 Å². The number of aryl methyl sites for hydroxylation is 1. The van der Waals surface area contributed by atoms with Gasteiger partial charge >= 0.3 is 12.1 Å². The molecule has 1 N–H and O–H groups in total. The summed E-state index contributed by atoms with van der Waals surface area (Å²) in [7, 11) is 1.30. The van der Waals surface area contributed by atoms with E-state index in [9.17, 15) is 23.1 Å². The zero-order chi connectivity index (χ0) is 15.3. The minimum Gasteiger partial charge on any atom is -0.481 e. The zero-order valence-electron chi connectivity index (χ0n) is 11.2. The van der Waals surface area contributed by atoms with Crippen molar-refractivity contribution < 1.29 is 23.1 Å². The minimum absolute atomic E-state index is 0.199. The molecule has 0 spiro atoms. The summed E-state index contributed by atoms with van der Waals surface area (Å²) in [4.78, 5) is 11.4. The summed E-state index contributed by atoms with van der Waals surface area (Å²) in [5.74, 6) is -1.29. The molecule has 6 heteroatoms. The molecule has 2 aromatic rings. The first-order valence-corrected chi connectivity index (χ1v) is 5.97. The van der Waals surface area contributed by atoms with Crippen LogP contribution in [0.5, 0.6) is 0 Å². The van der Waals surface area contributed by atoms with Gasteiger partial charge in [0.15, 0.2) is 0 Å². The lowest BCUT2D eigenvalue weighted by atomic mass is 9.82. The van der Waals surface area contributed by atoms with Crippen LogP contribution >= 0.6 is 0 Å². The van der Waals surface area contributed by atoms with Gasteiger partial charge in [0.25, 0.3) is 0 Å². The van der Waals surface area contributed by atoms with Crippen LogP contribution in [0.4, 0.5) is 13.2 Å². The third kappa shape index (κ3) is 1.95. The Morgan fingerprint density at radius 1 is 1.20 bits per heavy atom. The molecule has 0 aliphatic rings. The number of carboxylic acid groups (broad SMARTS) is 1. The maximum atomic E-state index is 13.3. The van der Waals surface area contributed by atoms with Gasteiger partial charge in [-0.3, -0.25) is 4.79 Å². The molecule has 0 saturated heterocycles. The van der Waals surface area contributed by atoms with Crippen molar-refractivity contribution in [3.63, 3.8) is 0 Å². The number of para-hydroxylation sites is 1. The topological polar surface area (TPSA) is 42.2 Å². The fourth-order valence-electron chi connectivity index (χ4n) is 2.46. The summed E-state index contributed by atoms with van der Waals surface area (Å²) in [5.41, 5.74) is -2.38. The third-order valence-electron chi connectivity index (χ3n) is 3.54. The molecule has 1 aromatic carbocycles. The highest BCUT2D eigenvalue weighted by Crippen LogP contribution is 2.43. The Labute approximate surface area is 113 Å². The van der Waals surface area contributed by atoms with Gasteiger partial charge in [-0.25, -0.2) is 0 Å². The van der Waals surface area contributed by atoms with E-state index < -0.39 is 23.3 Å². The SMILES string of the molecule is Cn1c(C(F)(F)F)c(C(C)(C)C(=O)O)c2ccccc21. The lowest BCUT2D eigenvalue weighted by Crippen LogP contribution is -2.31. The van der Waals surface area contributed by atoms with E-state index in [4.69, 9.17) is 0 Å². The monoisotopic (exact) mass is 285 g/mol. The molecule has 0 atom stereocenters. The second-order valence-corrected chi connectivity index (χ2v) is 5.23. The average Bonchev–Trinajstić information content (AvgIpc) is 2.63. The minimum atomic E-state index is -4.62. The second kappa shape index (κ2) is 4.26.